The summed E-state index contributed by atoms with van der Waals surface area (Å²) in [7, 11) is -3.93. The Morgan fingerprint density at radius 2 is 1.94 bits per heavy atom. The van der Waals surface area contributed by atoms with E-state index in [1.807, 2.05) is 6.20 Å². The van der Waals surface area contributed by atoms with E-state index < -0.39 is 10.0 Å². The third kappa shape index (κ3) is 8.96. The monoisotopic (exact) mass is 486 g/mol. The number of aryl methyl sites for hydroxylation is 2. The normalized spacial score (nSPS) is 12.7. The molecule has 0 fully saturated rings. The van der Waals surface area contributed by atoms with Gasteiger partial charge in [0.2, 0.25) is 21.3 Å². The molecule has 2 rings (SSSR count). The smallest absolute Gasteiger partial charge is 0.267 e. The van der Waals surface area contributed by atoms with Gasteiger partial charge in [-0.1, -0.05) is 30.4 Å². The van der Waals surface area contributed by atoms with Gasteiger partial charge in [-0.2, -0.15) is 0 Å². The van der Waals surface area contributed by atoms with E-state index in [1.165, 1.54) is 6.92 Å². The van der Waals surface area contributed by atoms with Gasteiger partial charge in [-0.05, 0) is 38.0 Å². The fraction of sp³-hybridized carbons (Fsp3) is 0.667. The molecule has 0 aliphatic heterocycles. The molecule has 1 atom stereocenters. The van der Waals surface area contributed by atoms with E-state index in [4.69, 9.17) is 5.14 Å². The molecule has 0 aromatic carbocycles. The molecule has 2 heterocycles. The second-order valence-corrected chi connectivity index (χ2v) is 10.6. The third-order valence-electron chi connectivity index (χ3n) is 4.66. The van der Waals surface area contributed by atoms with Crippen molar-refractivity contribution in [3.8, 4) is 0 Å². The van der Waals surface area contributed by atoms with E-state index in [0.717, 1.165) is 31.5 Å². The summed E-state index contributed by atoms with van der Waals surface area (Å²) in [5.41, 5.74) is 0.795. The number of amides is 2. The number of nitrogens with one attached hydrogen (secondary N) is 2. The predicted molar refractivity (Wildman–Crippen MR) is 119 cm³/mol. The number of hydrogen-bond acceptors (Lipinski definition) is 9. The number of sulfonamides is 1. The minimum atomic E-state index is -3.93. The Bertz CT molecular complexity index is 1000. The number of nitrogens with two attached hydrogens (primary N) is 1. The van der Waals surface area contributed by atoms with Crippen LogP contribution < -0.4 is 15.8 Å². The second-order valence-electron chi connectivity index (χ2n) is 7.84. The van der Waals surface area contributed by atoms with Gasteiger partial charge in [0, 0.05) is 32.1 Å². The maximum Gasteiger partial charge on any atom is 0.267 e. The van der Waals surface area contributed by atoms with Crippen molar-refractivity contribution in [3.63, 3.8) is 0 Å². The van der Waals surface area contributed by atoms with Crippen LogP contribution in [0.1, 0.15) is 58.6 Å². The summed E-state index contributed by atoms with van der Waals surface area (Å²) in [5.74, 6) is 0.0833. The first-order valence-corrected chi connectivity index (χ1v) is 12.7. The Kier molecular flexibility index (Phi) is 9.65. The van der Waals surface area contributed by atoms with Crippen LogP contribution in [0.25, 0.3) is 0 Å². The van der Waals surface area contributed by atoms with Crippen molar-refractivity contribution in [1.29, 1.82) is 0 Å². The number of carbonyl (C=O) groups excluding carboxylic acids is 2. The summed E-state index contributed by atoms with van der Waals surface area (Å²) in [5, 5.41) is 25.8. The molecule has 0 saturated carbocycles. The number of carbonyl (C=O) groups is 2. The maximum atomic E-state index is 12.0. The van der Waals surface area contributed by atoms with Gasteiger partial charge in [-0.25, -0.2) is 13.6 Å². The zero-order chi connectivity index (χ0) is 23.7. The van der Waals surface area contributed by atoms with E-state index in [2.05, 4.69) is 45.0 Å². The number of aromatic nitrogens is 5. The van der Waals surface area contributed by atoms with Crippen LogP contribution in [0, 0.1) is 5.92 Å². The summed E-state index contributed by atoms with van der Waals surface area (Å²) in [6.07, 6.45) is 6.04. The quantitative estimate of drug-likeness (QED) is 0.278. The first-order valence-electron chi connectivity index (χ1n) is 10.4. The molecule has 0 spiro atoms. The highest BCUT2D eigenvalue weighted by atomic mass is 32.2. The van der Waals surface area contributed by atoms with Crippen molar-refractivity contribution in [3.05, 3.63) is 11.9 Å². The van der Waals surface area contributed by atoms with Gasteiger partial charge < -0.3 is 10.6 Å². The van der Waals surface area contributed by atoms with Crippen LogP contribution in [-0.4, -0.2) is 51.5 Å². The van der Waals surface area contributed by atoms with Crippen LogP contribution in [0.3, 0.4) is 0 Å². The van der Waals surface area contributed by atoms with Gasteiger partial charge in [0.1, 0.15) is 0 Å². The Morgan fingerprint density at radius 3 is 2.56 bits per heavy atom. The zero-order valence-corrected chi connectivity index (χ0v) is 20.1. The molecule has 0 aliphatic rings. The number of anilines is 1. The van der Waals surface area contributed by atoms with E-state index in [0.29, 0.717) is 30.1 Å². The van der Waals surface area contributed by atoms with E-state index >= 15 is 0 Å². The molecule has 0 unspecified atom stereocenters. The standard InChI is InChI=1S/C18H30N8O4S2/c1-12(2)15(20-13(3)27)8-4-5-10-26-11-14(22-25-26)7-6-9-16(28)21-17-23-24-18(31-17)32(19,29)30/h11-12,15H,4-10H2,1-3H3,(H,20,27)(H2,19,29,30)(H,21,23,28)/t15-/m0/s1. The fourth-order valence-corrected chi connectivity index (χ4v) is 4.37. The molecule has 2 amide bonds. The number of nitrogens with zero attached hydrogens (tertiary/aromatic N) is 5. The Hall–Kier alpha value is -2.45. The Balaban J connectivity index is 1.67. The fourth-order valence-electron chi connectivity index (χ4n) is 3.02. The average molecular weight is 487 g/mol. The van der Waals surface area contributed by atoms with E-state index in [1.54, 1.807) is 4.68 Å². The van der Waals surface area contributed by atoms with Crippen LogP contribution in [0.4, 0.5) is 5.13 Å². The highest BCUT2D eigenvalue weighted by molar-refractivity contribution is 7.91. The van der Waals surface area contributed by atoms with E-state index in [9.17, 15) is 18.0 Å². The molecule has 0 saturated heterocycles. The first-order chi connectivity index (χ1) is 15.0. The van der Waals surface area contributed by atoms with Gasteiger partial charge in [0.15, 0.2) is 0 Å². The summed E-state index contributed by atoms with van der Waals surface area (Å²) < 4.78 is 23.8. The van der Waals surface area contributed by atoms with Crippen LogP contribution in [0.2, 0.25) is 0 Å². The number of rotatable bonds is 13. The summed E-state index contributed by atoms with van der Waals surface area (Å²) in [6, 6.07) is 0.177. The van der Waals surface area contributed by atoms with Crippen molar-refractivity contribution >= 4 is 38.3 Å². The van der Waals surface area contributed by atoms with Gasteiger partial charge in [0.25, 0.3) is 10.0 Å². The number of hydrogen-bond donors (Lipinski definition) is 3. The van der Waals surface area contributed by atoms with Crippen LogP contribution >= 0.6 is 11.3 Å². The topological polar surface area (TPSA) is 175 Å². The van der Waals surface area contributed by atoms with E-state index in [-0.39, 0.29) is 33.7 Å². The van der Waals surface area contributed by atoms with Crippen LogP contribution in [0.15, 0.2) is 10.5 Å². The molecule has 4 N–H and O–H groups in total. The number of primary sulfonamides is 1. The molecule has 0 bridgehead atoms. The van der Waals surface area contributed by atoms with Crippen LogP contribution in [0.5, 0.6) is 0 Å². The highest BCUT2D eigenvalue weighted by Crippen LogP contribution is 2.18. The Morgan fingerprint density at radius 1 is 1.19 bits per heavy atom. The van der Waals surface area contributed by atoms with Crippen molar-refractivity contribution in [2.75, 3.05) is 5.32 Å². The predicted octanol–water partition coefficient (Wildman–Crippen LogP) is 1.07. The van der Waals surface area contributed by atoms with Gasteiger partial charge >= 0.3 is 0 Å². The molecule has 178 valence electrons. The minimum absolute atomic E-state index is 0.00475. The maximum absolute atomic E-state index is 12.0. The highest BCUT2D eigenvalue weighted by Gasteiger charge is 2.16. The average Bonchev–Trinajstić information content (AvgIpc) is 3.33. The zero-order valence-electron chi connectivity index (χ0n) is 18.4. The Labute approximate surface area is 191 Å². The molecule has 14 heteroatoms. The SMILES string of the molecule is CC(=O)N[C@@H](CCCCn1cc(CCCC(=O)Nc2nnc(S(N)(=O)=O)s2)nn1)C(C)C. The first kappa shape index (κ1) is 25.8. The summed E-state index contributed by atoms with van der Waals surface area (Å²) in [4.78, 5) is 23.3. The lowest BCUT2D eigenvalue weighted by Crippen LogP contribution is -2.37. The summed E-state index contributed by atoms with van der Waals surface area (Å²) >= 11 is 0.703. The van der Waals surface area contributed by atoms with Crippen LogP contribution in [-0.2, 0) is 32.6 Å². The summed E-state index contributed by atoms with van der Waals surface area (Å²) in [6.45, 7) is 6.47. The van der Waals surface area contributed by atoms with Gasteiger partial charge in [-0.3, -0.25) is 14.3 Å². The van der Waals surface area contributed by atoms with Crippen molar-refractivity contribution in [2.45, 2.75) is 76.2 Å². The molecule has 12 nitrogen and oxygen atoms in total. The number of unbranched alkanes of at least 4 members (excludes halogenated alkanes) is 1. The largest absolute Gasteiger partial charge is 0.353 e. The second kappa shape index (κ2) is 12.0. The lowest BCUT2D eigenvalue weighted by Gasteiger charge is -2.21. The molecule has 2 aromatic rings. The molecule has 32 heavy (non-hydrogen) atoms. The molecular formula is C18H30N8O4S2. The van der Waals surface area contributed by atoms with Crippen molar-refractivity contribution in [2.24, 2.45) is 11.1 Å². The molecular weight excluding hydrogens is 456 g/mol. The molecule has 0 aliphatic carbocycles. The lowest BCUT2D eigenvalue weighted by molar-refractivity contribution is -0.120. The third-order valence-corrected chi connectivity index (χ3v) is 6.81. The minimum Gasteiger partial charge on any atom is -0.353 e. The molecule has 0 radical (unpaired) electrons. The van der Waals surface area contributed by atoms with Crippen molar-refractivity contribution in [1.82, 2.24) is 30.5 Å². The lowest BCUT2D eigenvalue weighted by atomic mass is 9.98. The molecule has 2 aromatic heterocycles. The van der Waals surface area contributed by atoms with Crippen molar-refractivity contribution < 1.29 is 18.0 Å². The van der Waals surface area contributed by atoms with Gasteiger partial charge in [-0.15, -0.1) is 15.3 Å². The van der Waals surface area contributed by atoms with Gasteiger partial charge in [0.05, 0.1) is 5.69 Å².